The second kappa shape index (κ2) is 9.19. The number of halogens is 2. The van der Waals surface area contributed by atoms with Gasteiger partial charge in [-0.3, -0.25) is 9.10 Å². The third kappa shape index (κ3) is 5.15. The van der Waals surface area contributed by atoms with Crippen LogP contribution in [0.1, 0.15) is 9.67 Å². The fraction of sp³-hybridized carbons (Fsp3) is 0.130. The fourth-order valence-corrected chi connectivity index (χ4v) is 5.94. The van der Waals surface area contributed by atoms with Crippen molar-refractivity contribution in [1.29, 1.82) is 0 Å². The van der Waals surface area contributed by atoms with E-state index in [1.165, 1.54) is 28.0 Å². The van der Waals surface area contributed by atoms with Gasteiger partial charge in [0.05, 0.1) is 29.1 Å². The van der Waals surface area contributed by atoms with Crippen LogP contribution in [0.4, 0.5) is 17.1 Å². The number of hydrogen-bond acceptors (Lipinski definition) is 7. The number of pyridine rings is 1. The van der Waals surface area contributed by atoms with Gasteiger partial charge in [0.1, 0.15) is 10.9 Å². The van der Waals surface area contributed by atoms with Crippen LogP contribution in [-0.4, -0.2) is 38.7 Å². The molecular weight excluding hydrogens is 531 g/mol. The third-order valence-corrected chi connectivity index (χ3v) is 7.94. The number of anilines is 3. The molecule has 1 aliphatic heterocycles. The molecule has 3 heterocycles. The van der Waals surface area contributed by atoms with Crippen LogP contribution in [0.25, 0.3) is 10.1 Å². The van der Waals surface area contributed by atoms with Gasteiger partial charge in [-0.05, 0) is 53.9 Å². The maximum absolute atomic E-state index is 13.0. The Morgan fingerprint density at radius 3 is 2.66 bits per heavy atom. The second-order valence-electron chi connectivity index (χ2n) is 7.81. The molecule has 0 saturated heterocycles. The molecule has 0 atom stereocenters. The Kier molecular flexibility index (Phi) is 6.22. The molecule has 4 aromatic rings. The Hall–Kier alpha value is -3.05. The van der Waals surface area contributed by atoms with Crippen LogP contribution in [0.2, 0.25) is 10.2 Å². The van der Waals surface area contributed by atoms with Crippen molar-refractivity contribution >= 4 is 77.6 Å². The van der Waals surface area contributed by atoms with Gasteiger partial charge >= 0.3 is 0 Å². The molecule has 180 valence electrons. The van der Waals surface area contributed by atoms with Crippen molar-refractivity contribution in [2.75, 3.05) is 34.3 Å². The Labute approximate surface area is 215 Å². The first-order valence-corrected chi connectivity index (χ1v) is 13.8. The van der Waals surface area contributed by atoms with Gasteiger partial charge in [0, 0.05) is 28.0 Å². The average Bonchev–Trinajstić information content (AvgIpc) is 3.21. The van der Waals surface area contributed by atoms with Crippen molar-refractivity contribution in [2.24, 2.45) is 0 Å². The van der Waals surface area contributed by atoms with Crippen molar-refractivity contribution in [2.45, 2.75) is 0 Å². The number of ether oxygens (including phenoxy) is 1. The van der Waals surface area contributed by atoms with Crippen molar-refractivity contribution in [3.8, 4) is 11.6 Å². The lowest BCUT2D eigenvalue weighted by Gasteiger charge is -2.30. The van der Waals surface area contributed by atoms with Crippen molar-refractivity contribution in [1.82, 2.24) is 4.98 Å². The largest absolute Gasteiger partial charge is 0.439 e. The Morgan fingerprint density at radius 1 is 1.14 bits per heavy atom. The Morgan fingerprint density at radius 2 is 1.91 bits per heavy atom. The number of benzene rings is 2. The van der Waals surface area contributed by atoms with E-state index in [0.717, 1.165) is 10.1 Å². The second-order valence-corrected chi connectivity index (χ2v) is 11.6. The Balaban J connectivity index is 1.40. The molecule has 2 aromatic heterocycles. The lowest BCUT2D eigenvalue weighted by Crippen LogP contribution is -2.38. The minimum atomic E-state index is -3.41. The molecule has 0 spiro atoms. The van der Waals surface area contributed by atoms with Gasteiger partial charge in [-0.2, -0.15) is 0 Å². The first kappa shape index (κ1) is 23.7. The molecule has 12 heteroatoms. The minimum Gasteiger partial charge on any atom is -0.439 e. The number of sulfonamides is 1. The van der Waals surface area contributed by atoms with Crippen LogP contribution in [0.5, 0.6) is 11.6 Å². The molecule has 2 aromatic carbocycles. The zero-order valence-corrected chi connectivity index (χ0v) is 21.4. The van der Waals surface area contributed by atoms with E-state index in [2.05, 4.69) is 15.6 Å². The number of nitrogens with zero attached hydrogens (tertiary/aromatic N) is 2. The van der Waals surface area contributed by atoms with E-state index in [0.29, 0.717) is 45.8 Å². The van der Waals surface area contributed by atoms with E-state index in [9.17, 15) is 13.2 Å². The van der Waals surface area contributed by atoms with Gasteiger partial charge in [-0.15, -0.1) is 11.3 Å². The Bertz CT molecular complexity index is 1560. The molecule has 35 heavy (non-hydrogen) atoms. The molecule has 8 nitrogen and oxygen atoms in total. The minimum absolute atomic E-state index is 0.155. The smallest absolute Gasteiger partial charge is 0.265 e. The van der Waals surface area contributed by atoms with E-state index in [1.54, 1.807) is 42.5 Å². The van der Waals surface area contributed by atoms with E-state index >= 15 is 0 Å². The van der Waals surface area contributed by atoms with E-state index in [-0.39, 0.29) is 16.9 Å². The molecule has 1 aliphatic rings. The highest BCUT2D eigenvalue weighted by atomic mass is 35.5. The van der Waals surface area contributed by atoms with Crippen LogP contribution in [0.15, 0.2) is 54.6 Å². The summed E-state index contributed by atoms with van der Waals surface area (Å²) in [5, 5.41) is 7.56. The summed E-state index contributed by atoms with van der Waals surface area (Å²) in [6.45, 7) is 0.853. The molecule has 0 unspecified atom stereocenters. The van der Waals surface area contributed by atoms with Crippen molar-refractivity contribution < 1.29 is 17.9 Å². The van der Waals surface area contributed by atoms with Gasteiger partial charge in [-0.1, -0.05) is 23.2 Å². The molecule has 2 N–H and O–H groups in total. The maximum atomic E-state index is 13.0. The topological polar surface area (TPSA) is 101 Å². The summed E-state index contributed by atoms with van der Waals surface area (Å²) in [5.74, 6) is 0.398. The molecule has 0 bridgehead atoms. The quantitative estimate of drug-likeness (QED) is 0.304. The van der Waals surface area contributed by atoms with E-state index in [1.807, 2.05) is 6.07 Å². The highest BCUT2D eigenvalue weighted by Gasteiger charge is 2.25. The van der Waals surface area contributed by atoms with Gasteiger partial charge in [0.15, 0.2) is 0 Å². The number of hydrogen-bond donors (Lipinski definition) is 2. The number of carbonyl (C=O) groups excluding carboxylic acids is 1. The van der Waals surface area contributed by atoms with E-state index in [4.69, 9.17) is 27.9 Å². The number of rotatable bonds is 5. The zero-order valence-electron chi connectivity index (χ0n) is 18.2. The molecule has 0 radical (unpaired) electrons. The van der Waals surface area contributed by atoms with Crippen LogP contribution in [-0.2, 0) is 10.0 Å². The van der Waals surface area contributed by atoms with Gasteiger partial charge in [0.25, 0.3) is 5.91 Å². The van der Waals surface area contributed by atoms with Crippen molar-refractivity contribution in [3.63, 3.8) is 0 Å². The summed E-state index contributed by atoms with van der Waals surface area (Å²) < 4.78 is 32.3. The lowest BCUT2D eigenvalue weighted by atomic mass is 10.1. The number of amides is 1. The van der Waals surface area contributed by atoms with Crippen LogP contribution in [0.3, 0.4) is 0 Å². The highest BCUT2D eigenvalue weighted by molar-refractivity contribution is 7.92. The normalized spacial score (nSPS) is 13.3. The number of nitrogens with one attached hydrogen (secondary N) is 2. The van der Waals surface area contributed by atoms with Gasteiger partial charge < -0.3 is 15.4 Å². The number of carbonyl (C=O) groups is 1. The molecule has 0 saturated carbocycles. The summed E-state index contributed by atoms with van der Waals surface area (Å²) in [6.07, 6.45) is 1.18. The summed E-state index contributed by atoms with van der Waals surface area (Å²) in [4.78, 5) is 17.6. The van der Waals surface area contributed by atoms with Crippen molar-refractivity contribution in [3.05, 3.63) is 69.7 Å². The number of thiophene rings is 1. The summed E-state index contributed by atoms with van der Waals surface area (Å²) in [6, 6.07) is 15.2. The zero-order chi connectivity index (χ0) is 24.7. The number of fused-ring (bicyclic) bond motifs is 2. The summed E-state index contributed by atoms with van der Waals surface area (Å²) in [7, 11) is -3.41. The van der Waals surface area contributed by atoms with Crippen LogP contribution < -0.4 is 19.7 Å². The summed E-state index contributed by atoms with van der Waals surface area (Å²) >= 11 is 13.3. The maximum Gasteiger partial charge on any atom is 0.265 e. The number of aromatic nitrogens is 1. The summed E-state index contributed by atoms with van der Waals surface area (Å²) in [5.41, 5.74) is 1.70. The lowest BCUT2D eigenvalue weighted by molar-refractivity contribution is 0.103. The molecule has 0 aliphatic carbocycles. The van der Waals surface area contributed by atoms with Gasteiger partial charge in [-0.25, -0.2) is 13.4 Å². The standard InChI is InChI=1S/C23H18Cl2N4O4S2/c1-35(31,32)29-7-6-26-17-12-19-13(8-18(17)29)9-20(34-19)23(30)27-15-10-21(25)28-22(11-15)33-16-4-2-14(24)3-5-16/h2-5,8-12,26H,6-7H2,1H3,(H,27,28,30). The van der Waals surface area contributed by atoms with Crippen LogP contribution >= 0.6 is 34.5 Å². The molecule has 5 rings (SSSR count). The highest BCUT2D eigenvalue weighted by Crippen LogP contribution is 2.38. The average molecular weight is 549 g/mol. The molecular formula is C23H18Cl2N4O4S2. The first-order chi connectivity index (χ1) is 16.7. The monoisotopic (exact) mass is 548 g/mol. The van der Waals surface area contributed by atoms with Gasteiger partial charge in [0.2, 0.25) is 15.9 Å². The van der Waals surface area contributed by atoms with Crippen LogP contribution in [0, 0.1) is 0 Å². The predicted octanol–water partition coefficient (Wildman–Crippen LogP) is 5.84. The first-order valence-electron chi connectivity index (χ1n) is 10.4. The predicted molar refractivity (Wildman–Crippen MR) is 141 cm³/mol. The molecule has 1 amide bonds. The fourth-order valence-electron chi connectivity index (χ4n) is 3.71. The van der Waals surface area contributed by atoms with E-state index < -0.39 is 10.0 Å². The SMILES string of the molecule is CS(=O)(=O)N1CCNc2cc3sc(C(=O)Nc4cc(Cl)nc(Oc5ccc(Cl)cc5)c4)cc3cc21. The molecule has 0 fully saturated rings. The third-order valence-electron chi connectivity index (χ3n) is 5.22.